The number of nitrogens with one attached hydrogen (secondary N) is 1. The van der Waals surface area contributed by atoms with Crippen molar-refractivity contribution in [3.8, 4) is 0 Å². The lowest BCUT2D eigenvalue weighted by Crippen LogP contribution is -2.42. The van der Waals surface area contributed by atoms with E-state index in [9.17, 15) is 9.90 Å². The average Bonchev–Trinajstić information content (AvgIpc) is 2.63. The number of piperidine rings is 1. The molecule has 0 aliphatic carbocycles. The van der Waals surface area contributed by atoms with Crippen LogP contribution in [0.25, 0.3) is 0 Å². The van der Waals surface area contributed by atoms with Gasteiger partial charge in [0.15, 0.2) is 0 Å². The lowest BCUT2D eigenvalue weighted by molar-refractivity contribution is -0.169. The van der Waals surface area contributed by atoms with E-state index >= 15 is 0 Å². The van der Waals surface area contributed by atoms with Crippen LogP contribution in [0.3, 0.4) is 0 Å². The molecule has 0 spiro atoms. The third-order valence-corrected chi connectivity index (χ3v) is 5.03. The first-order valence-corrected chi connectivity index (χ1v) is 9.14. The largest absolute Gasteiger partial charge is 0.460 e. The number of halogens is 1. The van der Waals surface area contributed by atoms with Crippen molar-refractivity contribution in [3.05, 3.63) is 69.3 Å². The van der Waals surface area contributed by atoms with Crippen LogP contribution in [0.1, 0.15) is 24.0 Å². The number of carbonyl (C=O) groups is 1. The molecule has 0 saturated carbocycles. The van der Waals surface area contributed by atoms with Gasteiger partial charge in [-0.05, 0) is 71.8 Å². The normalized spacial score (nSPS) is 17.9. The second kappa shape index (κ2) is 7.63. The van der Waals surface area contributed by atoms with Gasteiger partial charge in [-0.1, -0.05) is 42.5 Å². The number of hydrogen-bond acceptors (Lipinski definition) is 4. The van der Waals surface area contributed by atoms with E-state index in [1.807, 2.05) is 30.3 Å². The van der Waals surface area contributed by atoms with Gasteiger partial charge >= 0.3 is 5.97 Å². The van der Waals surface area contributed by atoms with Crippen LogP contribution in [0.5, 0.6) is 0 Å². The fourth-order valence-corrected chi connectivity index (χ4v) is 3.28. The molecule has 2 N–H and O–H groups in total. The number of esters is 1. The molecule has 0 aromatic heterocycles. The number of rotatable bonds is 4. The molecule has 126 valence electrons. The van der Waals surface area contributed by atoms with Crippen LogP contribution in [-0.4, -0.2) is 30.3 Å². The SMILES string of the molecule is O=C(OC1CCNCC1)C(O)(c1ccccc1)c1ccc(I)cc1. The summed E-state index contributed by atoms with van der Waals surface area (Å²) in [6, 6.07) is 16.3. The summed E-state index contributed by atoms with van der Waals surface area (Å²) in [5, 5.41) is 14.6. The molecule has 1 aliphatic rings. The molecule has 4 nitrogen and oxygen atoms in total. The predicted molar refractivity (Wildman–Crippen MR) is 101 cm³/mol. The van der Waals surface area contributed by atoms with E-state index in [2.05, 4.69) is 27.9 Å². The van der Waals surface area contributed by atoms with Gasteiger partial charge in [-0.3, -0.25) is 0 Å². The molecular formula is C19H20INO3. The Morgan fingerprint density at radius 2 is 1.62 bits per heavy atom. The van der Waals surface area contributed by atoms with E-state index < -0.39 is 11.6 Å². The van der Waals surface area contributed by atoms with E-state index in [-0.39, 0.29) is 6.10 Å². The summed E-state index contributed by atoms with van der Waals surface area (Å²) in [4.78, 5) is 12.9. The van der Waals surface area contributed by atoms with Crippen LogP contribution in [0, 0.1) is 3.57 Å². The first-order chi connectivity index (χ1) is 11.6. The van der Waals surface area contributed by atoms with Gasteiger partial charge in [0.2, 0.25) is 5.60 Å². The molecule has 1 unspecified atom stereocenters. The third-order valence-electron chi connectivity index (χ3n) is 4.31. The number of aliphatic hydroxyl groups is 1. The van der Waals surface area contributed by atoms with Gasteiger partial charge in [0.1, 0.15) is 6.10 Å². The molecule has 24 heavy (non-hydrogen) atoms. The highest BCUT2D eigenvalue weighted by atomic mass is 127. The van der Waals surface area contributed by atoms with E-state index in [1.165, 1.54) is 0 Å². The van der Waals surface area contributed by atoms with E-state index in [0.29, 0.717) is 11.1 Å². The van der Waals surface area contributed by atoms with Crippen LogP contribution in [0.4, 0.5) is 0 Å². The maximum absolute atomic E-state index is 12.9. The summed E-state index contributed by atoms with van der Waals surface area (Å²) in [7, 11) is 0. The maximum Gasteiger partial charge on any atom is 0.347 e. The second-order valence-corrected chi connectivity index (χ2v) is 7.18. The molecule has 1 heterocycles. The molecule has 1 saturated heterocycles. The summed E-state index contributed by atoms with van der Waals surface area (Å²) < 4.78 is 6.70. The van der Waals surface area contributed by atoms with Crippen LogP contribution in [0.2, 0.25) is 0 Å². The minimum atomic E-state index is -1.80. The van der Waals surface area contributed by atoms with Crippen LogP contribution in [0.15, 0.2) is 54.6 Å². The predicted octanol–water partition coefficient (Wildman–Crippen LogP) is 2.82. The zero-order valence-electron chi connectivity index (χ0n) is 13.2. The monoisotopic (exact) mass is 437 g/mol. The fraction of sp³-hybridized carbons (Fsp3) is 0.316. The number of carbonyl (C=O) groups excluding carboxylic acids is 1. The highest BCUT2D eigenvalue weighted by Crippen LogP contribution is 2.32. The molecule has 1 atom stereocenters. The lowest BCUT2D eigenvalue weighted by atomic mass is 9.86. The van der Waals surface area contributed by atoms with Crippen LogP contribution >= 0.6 is 22.6 Å². The molecule has 2 aromatic carbocycles. The Morgan fingerprint density at radius 3 is 2.25 bits per heavy atom. The summed E-state index contributed by atoms with van der Waals surface area (Å²) in [5.74, 6) is -0.609. The number of ether oxygens (including phenoxy) is 1. The van der Waals surface area contributed by atoms with Gasteiger partial charge in [-0.2, -0.15) is 0 Å². The van der Waals surface area contributed by atoms with Crippen LogP contribution in [-0.2, 0) is 15.1 Å². The Morgan fingerprint density at radius 1 is 1.04 bits per heavy atom. The molecule has 1 fully saturated rings. The Hall–Kier alpha value is -1.44. The van der Waals surface area contributed by atoms with Crippen molar-refractivity contribution >= 4 is 28.6 Å². The minimum Gasteiger partial charge on any atom is -0.460 e. The Bertz CT molecular complexity index is 684. The van der Waals surface area contributed by atoms with E-state index in [1.54, 1.807) is 24.3 Å². The van der Waals surface area contributed by atoms with Crippen LogP contribution < -0.4 is 5.32 Å². The van der Waals surface area contributed by atoms with Crippen molar-refractivity contribution in [2.24, 2.45) is 0 Å². The van der Waals surface area contributed by atoms with E-state index in [0.717, 1.165) is 29.5 Å². The van der Waals surface area contributed by atoms with Gasteiger partial charge in [0, 0.05) is 3.57 Å². The second-order valence-electron chi connectivity index (χ2n) is 5.94. The van der Waals surface area contributed by atoms with Gasteiger partial charge in [-0.25, -0.2) is 4.79 Å². The Kier molecular flexibility index (Phi) is 5.53. The fourth-order valence-electron chi connectivity index (χ4n) is 2.92. The van der Waals surface area contributed by atoms with Crippen molar-refractivity contribution in [1.82, 2.24) is 5.32 Å². The Balaban J connectivity index is 1.95. The highest BCUT2D eigenvalue weighted by molar-refractivity contribution is 14.1. The first kappa shape index (κ1) is 17.4. The molecule has 3 rings (SSSR count). The highest BCUT2D eigenvalue weighted by Gasteiger charge is 2.42. The number of hydrogen-bond donors (Lipinski definition) is 2. The minimum absolute atomic E-state index is 0.155. The standard InChI is InChI=1S/C19H20INO3/c20-16-8-6-15(7-9-16)19(23,14-4-2-1-3-5-14)18(22)24-17-10-12-21-13-11-17/h1-9,17,21,23H,10-13H2. The lowest BCUT2D eigenvalue weighted by Gasteiger charge is -2.31. The van der Waals surface area contributed by atoms with E-state index in [4.69, 9.17) is 4.74 Å². The average molecular weight is 437 g/mol. The molecule has 0 radical (unpaired) electrons. The molecule has 2 aromatic rings. The maximum atomic E-state index is 12.9. The summed E-state index contributed by atoms with van der Waals surface area (Å²) >= 11 is 2.20. The zero-order valence-corrected chi connectivity index (χ0v) is 15.4. The van der Waals surface area contributed by atoms with Gasteiger partial charge in [0.05, 0.1) is 0 Å². The summed E-state index contributed by atoms with van der Waals surface area (Å²) in [6.45, 7) is 1.65. The molecular weight excluding hydrogens is 417 g/mol. The quantitative estimate of drug-likeness (QED) is 0.571. The zero-order chi connectivity index (χ0) is 17.0. The molecule has 5 heteroatoms. The first-order valence-electron chi connectivity index (χ1n) is 8.06. The molecule has 0 bridgehead atoms. The number of benzene rings is 2. The molecule has 1 aliphatic heterocycles. The summed E-state index contributed by atoms with van der Waals surface area (Å²) in [6.07, 6.45) is 1.38. The van der Waals surface area contributed by atoms with Crippen molar-refractivity contribution in [3.63, 3.8) is 0 Å². The van der Waals surface area contributed by atoms with Gasteiger partial charge < -0.3 is 15.2 Å². The van der Waals surface area contributed by atoms with Crippen molar-refractivity contribution < 1.29 is 14.6 Å². The third kappa shape index (κ3) is 3.63. The molecule has 0 amide bonds. The van der Waals surface area contributed by atoms with Gasteiger partial charge in [0.25, 0.3) is 0 Å². The van der Waals surface area contributed by atoms with Crippen molar-refractivity contribution in [2.45, 2.75) is 24.5 Å². The van der Waals surface area contributed by atoms with Gasteiger partial charge in [-0.15, -0.1) is 0 Å². The smallest absolute Gasteiger partial charge is 0.347 e. The topological polar surface area (TPSA) is 58.6 Å². The Labute approximate surface area is 155 Å². The van der Waals surface area contributed by atoms with Crippen molar-refractivity contribution in [2.75, 3.05) is 13.1 Å². The van der Waals surface area contributed by atoms with Crippen molar-refractivity contribution in [1.29, 1.82) is 0 Å². The summed E-state index contributed by atoms with van der Waals surface area (Å²) in [5.41, 5.74) is -0.755.